The standard InChI is InChI=1S/C17H18FN3O3/c18-11-4-5-13-12(8-11)17(23)20(10-19-13)9-16(22)21-6-7-24-15-3-1-2-14(15)21/h4-5,8,10,14-15H,1-3,6-7,9H2. The van der Waals surface area contributed by atoms with Gasteiger partial charge < -0.3 is 9.64 Å². The summed E-state index contributed by atoms with van der Waals surface area (Å²) in [6.07, 6.45) is 4.43. The second-order valence-corrected chi connectivity index (χ2v) is 6.33. The second kappa shape index (κ2) is 5.98. The van der Waals surface area contributed by atoms with Crippen LogP contribution in [-0.2, 0) is 16.1 Å². The topological polar surface area (TPSA) is 64.4 Å². The molecule has 2 fully saturated rings. The number of carbonyl (C=O) groups excluding carboxylic acids is 1. The first-order valence-electron chi connectivity index (χ1n) is 8.19. The Morgan fingerprint density at radius 1 is 1.38 bits per heavy atom. The van der Waals surface area contributed by atoms with Crippen molar-refractivity contribution in [2.75, 3.05) is 13.2 Å². The molecule has 1 aliphatic carbocycles. The van der Waals surface area contributed by atoms with Crippen molar-refractivity contribution in [3.05, 3.63) is 40.7 Å². The highest BCUT2D eigenvalue weighted by Crippen LogP contribution is 2.29. The van der Waals surface area contributed by atoms with Gasteiger partial charge in [0.2, 0.25) is 5.91 Å². The maximum Gasteiger partial charge on any atom is 0.261 e. The molecule has 2 aliphatic rings. The lowest BCUT2D eigenvalue weighted by Crippen LogP contribution is -2.52. The number of aromatic nitrogens is 2. The van der Waals surface area contributed by atoms with E-state index in [1.807, 2.05) is 4.90 Å². The van der Waals surface area contributed by atoms with Gasteiger partial charge in [-0.1, -0.05) is 0 Å². The van der Waals surface area contributed by atoms with Crippen LogP contribution in [0.5, 0.6) is 0 Å². The van der Waals surface area contributed by atoms with Gasteiger partial charge >= 0.3 is 0 Å². The van der Waals surface area contributed by atoms with Crippen molar-refractivity contribution < 1.29 is 13.9 Å². The van der Waals surface area contributed by atoms with Crippen molar-refractivity contribution in [2.45, 2.75) is 38.0 Å². The van der Waals surface area contributed by atoms with Crippen molar-refractivity contribution in [3.8, 4) is 0 Å². The summed E-state index contributed by atoms with van der Waals surface area (Å²) in [7, 11) is 0. The van der Waals surface area contributed by atoms with Crippen molar-refractivity contribution in [1.29, 1.82) is 0 Å². The predicted molar refractivity (Wildman–Crippen MR) is 85.1 cm³/mol. The van der Waals surface area contributed by atoms with Crippen LogP contribution in [0.2, 0.25) is 0 Å². The van der Waals surface area contributed by atoms with Gasteiger partial charge in [0.05, 0.1) is 36.0 Å². The van der Waals surface area contributed by atoms with Crippen LogP contribution in [-0.4, -0.2) is 45.7 Å². The summed E-state index contributed by atoms with van der Waals surface area (Å²) in [4.78, 5) is 31.1. The van der Waals surface area contributed by atoms with Gasteiger partial charge in [-0.2, -0.15) is 0 Å². The Bertz CT molecular complexity index is 851. The Morgan fingerprint density at radius 2 is 2.25 bits per heavy atom. The number of amides is 1. The average molecular weight is 331 g/mol. The summed E-state index contributed by atoms with van der Waals surface area (Å²) in [5.74, 6) is -0.609. The Kier molecular flexibility index (Phi) is 3.80. The smallest absolute Gasteiger partial charge is 0.261 e. The van der Waals surface area contributed by atoms with Gasteiger partial charge in [0.15, 0.2) is 0 Å². The molecule has 0 spiro atoms. The molecule has 0 N–H and O–H groups in total. The molecule has 0 bridgehead atoms. The average Bonchev–Trinajstić information content (AvgIpc) is 3.06. The number of hydrogen-bond donors (Lipinski definition) is 0. The Hall–Kier alpha value is -2.28. The number of morpholine rings is 1. The molecular weight excluding hydrogens is 313 g/mol. The van der Waals surface area contributed by atoms with E-state index in [0.29, 0.717) is 18.7 Å². The number of nitrogens with zero attached hydrogens (tertiary/aromatic N) is 3. The van der Waals surface area contributed by atoms with E-state index in [0.717, 1.165) is 25.3 Å². The van der Waals surface area contributed by atoms with E-state index in [2.05, 4.69) is 4.98 Å². The van der Waals surface area contributed by atoms with Crippen LogP contribution in [0.3, 0.4) is 0 Å². The second-order valence-electron chi connectivity index (χ2n) is 6.33. The highest BCUT2D eigenvalue weighted by atomic mass is 19.1. The summed E-state index contributed by atoms with van der Waals surface area (Å²) in [5.41, 5.74) is 0.0245. The minimum absolute atomic E-state index is 0.0818. The van der Waals surface area contributed by atoms with Crippen molar-refractivity contribution in [2.24, 2.45) is 0 Å². The molecule has 1 aliphatic heterocycles. The highest BCUT2D eigenvalue weighted by Gasteiger charge is 2.38. The maximum atomic E-state index is 13.4. The van der Waals surface area contributed by atoms with E-state index in [1.54, 1.807) is 0 Å². The first kappa shape index (κ1) is 15.3. The van der Waals surface area contributed by atoms with Crippen molar-refractivity contribution >= 4 is 16.8 Å². The van der Waals surface area contributed by atoms with Gasteiger partial charge in [-0.15, -0.1) is 0 Å². The number of halogens is 1. The number of fused-ring (bicyclic) bond motifs is 2. The molecule has 0 radical (unpaired) electrons. The van der Waals surface area contributed by atoms with E-state index in [4.69, 9.17) is 4.74 Å². The number of hydrogen-bond acceptors (Lipinski definition) is 4. The molecule has 1 saturated carbocycles. The largest absolute Gasteiger partial charge is 0.374 e. The maximum absolute atomic E-state index is 13.4. The van der Waals surface area contributed by atoms with Crippen LogP contribution in [0, 0.1) is 5.82 Å². The third-order valence-corrected chi connectivity index (χ3v) is 4.89. The lowest BCUT2D eigenvalue weighted by Gasteiger charge is -2.37. The zero-order valence-electron chi connectivity index (χ0n) is 13.2. The van der Waals surface area contributed by atoms with E-state index >= 15 is 0 Å². The van der Waals surface area contributed by atoms with Gasteiger partial charge in [0.25, 0.3) is 5.56 Å². The molecule has 1 saturated heterocycles. The molecule has 6 nitrogen and oxygen atoms in total. The fourth-order valence-electron chi connectivity index (χ4n) is 3.72. The summed E-state index contributed by atoms with van der Waals surface area (Å²) in [5, 5.41) is 0.186. The fourth-order valence-corrected chi connectivity index (χ4v) is 3.72. The zero-order chi connectivity index (χ0) is 16.7. The van der Waals surface area contributed by atoms with Crippen LogP contribution in [0.25, 0.3) is 10.9 Å². The van der Waals surface area contributed by atoms with E-state index in [1.165, 1.54) is 23.0 Å². The minimum atomic E-state index is -0.493. The van der Waals surface area contributed by atoms with Crippen LogP contribution in [0.15, 0.2) is 29.3 Å². The molecule has 2 heterocycles. The zero-order valence-corrected chi connectivity index (χ0v) is 13.2. The lowest BCUT2D eigenvalue weighted by molar-refractivity contribution is -0.144. The molecule has 1 aromatic heterocycles. The van der Waals surface area contributed by atoms with E-state index in [9.17, 15) is 14.0 Å². The molecule has 2 atom stereocenters. The summed E-state index contributed by atoms with van der Waals surface area (Å²) < 4.78 is 20.3. The third-order valence-electron chi connectivity index (χ3n) is 4.89. The first-order chi connectivity index (χ1) is 11.6. The Labute approximate surface area is 137 Å². The molecule has 126 valence electrons. The first-order valence-corrected chi connectivity index (χ1v) is 8.19. The molecular formula is C17H18FN3O3. The number of benzene rings is 1. The normalized spacial score (nSPS) is 23.5. The van der Waals surface area contributed by atoms with Crippen molar-refractivity contribution in [1.82, 2.24) is 14.5 Å². The van der Waals surface area contributed by atoms with Crippen LogP contribution >= 0.6 is 0 Å². The van der Waals surface area contributed by atoms with E-state index < -0.39 is 11.4 Å². The summed E-state index contributed by atoms with van der Waals surface area (Å²) in [6, 6.07) is 3.99. The number of carbonyl (C=O) groups is 1. The van der Waals surface area contributed by atoms with Gasteiger partial charge in [-0.25, -0.2) is 9.37 Å². The van der Waals surface area contributed by atoms with Crippen LogP contribution in [0.1, 0.15) is 19.3 Å². The monoisotopic (exact) mass is 331 g/mol. The Morgan fingerprint density at radius 3 is 3.12 bits per heavy atom. The lowest BCUT2D eigenvalue weighted by atomic mass is 10.1. The highest BCUT2D eigenvalue weighted by molar-refractivity contribution is 5.79. The van der Waals surface area contributed by atoms with Gasteiger partial charge in [-0.3, -0.25) is 14.2 Å². The fraction of sp³-hybridized carbons (Fsp3) is 0.471. The van der Waals surface area contributed by atoms with Gasteiger partial charge in [0, 0.05) is 6.54 Å². The SMILES string of the molecule is O=C(Cn1cnc2ccc(F)cc2c1=O)N1CCOC2CCCC21. The van der Waals surface area contributed by atoms with E-state index in [-0.39, 0.29) is 30.0 Å². The summed E-state index contributed by atoms with van der Waals surface area (Å²) in [6.45, 7) is 0.995. The molecule has 4 rings (SSSR count). The molecule has 7 heteroatoms. The molecule has 2 unspecified atom stereocenters. The molecule has 2 aromatic rings. The number of rotatable bonds is 2. The van der Waals surface area contributed by atoms with Gasteiger partial charge in [0.1, 0.15) is 12.4 Å². The summed E-state index contributed by atoms with van der Waals surface area (Å²) >= 11 is 0. The van der Waals surface area contributed by atoms with Crippen molar-refractivity contribution in [3.63, 3.8) is 0 Å². The van der Waals surface area contributed by atoms with Crippen LogP contribution < -0.4 is 5.56 Å². The predicted octanol–water partition coefficient (Wildman–Crippen LogP) is 1.32. The molecule has 1 amide bonds. The van der Waals surface area contributed by atoms with Crippen LogP contribution in [0.4, 0.5) is 4.39 Å². The minimum Gasteiger partial charge on any atom is -0.374 e. The van der Waals surface area contributed by atoms with Gasteiger partial charge in [-0.05, 0) is 37.5 Å². The Balaban J connectivity index is 1.60. The quantitative estimate of drug-likeness (QED) is 0.832. The molecule has 24 heavy (non-hydrogen) atoms. The number of ether oxygens (including phenoxy) is 1. The third kappa shape index (κ3) is 2.58. The molecule has 1 aromatic carbocycles.